The van der Waals surface area contributed by atoms with E-state index in [1.165, 1.54) is 13.3 Å². The summed E-state index contributed by atoms with van der Waals surface area (Å²) < 4.78 is 4.83. The number of halogens is 1. The second-order valence-corrected chi connectivity index (χ2v) is 3.19. The average Bonchev–Trinajstić information content (AvgIpc) is 2.16. The predicted octanol–water partition coefficient (Wildman–Crippen LogP) is 0.931. The summed E-state index contributed by atoms with van der Waals surface area (Å²) in [5, 5.41) is 12.3. The molecule has 0 saturated heterocycles. The Bertz CT molecular complexity index is 307. The largest absolute Gasteiger partial charge is 0.467 e. The zero-order valence-electron chi connectivity index (χ0n) is 7.99. The van der Waals surface area contributed by atoms with E-state index in [1.54, 1.807) is 6.92 Å². The van der Waals surface area contributed by atoms with Gasteiger partial charge in [0.05, 0.1) is 19.4 Å². The van der Waals surface area contributed by atoms with Crippen LogP contribution in [0.4, 0.5) is 5.82 Å². The maximum Gasteiger partial charge on any atom is 0.318 e. The summed E-state index contributed by atoms with van der Waals surface area (Å²) in [6.45, 7) is 2.04. The highest BCUT2D eigenvalue weighted by Crippen LogP contribution is 2.19. The number of aliphatic hydroxyl groups excluding tert-OH is 1. The van der Waals surface area contributed by atoms with Crippen LogP contribution in [0.3, 0.4) is 0 Å². The number of rotatable bonds is 4. The molecule has 1 heterocycles. The number of aliphatic hydroxyl groups is 1. The first-order valence-corrected chi connectivity index (χ1v) is 4.49. The number of nitrogens with one attached hydrogen (secondary N) is 1. The van der Waals surface area contributed by atoms with E-state index in [2.05, 4.69) is 15.3 Å². The van der Waals surface area contributed by atoms with Gasteiger partial charge in [-0.25, -0.2) is 4.98 Å². The molecule has 0 aromatic carbocycles. The van der Waals surface area contributed by atoms with Crippen molar-refractivity contribution in [2.75, 3.05) is 19.0 Å². The van der Waals surface area contributed by atoms with Crippen molar-refractivity contribution in [2.45, 2.75) is 13.0 Å². The first-order chi connectivity index (χ1) is 6.63. The number of methoxy groups -OCH3 is 1. The second kappa shape index (κ2) is 4.97. The number of anilines is 1. The molecule has 78 valence electrons. The number of ether oxygens (including phenoxy) is 1. The van der Waals surface area contributed by atoms with Gasteiger partial charge in [0.15, 0.2) is 5.82 Å². The zero-order chi connectivity index (χ0) is 10.6. The van der Waals surface area contributed by atoms with Crippen LogP contribution in [0.1, 0.15) is 6.92 Å². The lowest BCUT2D eigenvalue weighted by Crippen LogP contribution is -2.16. The molecule has 0 spiro atoms. The molecule has 0 aliphatic rings. The summed E-state index contributed by atoms with van der Waals surface area (Å²) in [6, 6.07) is 0.238. The highest BCUT2D eigenvalue weighted by atomic mass is 35.5. The molecule has 1 unspecified atom stereocenters. The van der Waals surface area contributed by atoms with E-state index in [0.717, 1.165) is 0 Å². The summed E-state index contributed by atoms with van der Waals surface area (Å²) >= 11 is 5.81. The SMILES string of the molecule is COc1ncc(Cl)c(NCC(C)O)n1. The Labute approximate surface area is 87.1 Å². The smallest absolute Gasteiger partial charge is 0.318 e. The maximum atomic E-state index is 9.05. The van der Waals surface area contributed by atoms with Gasteiger partial charge in [0, 0.05) is 6.54 Å². The summed E-state index contributed by atoms with van der Waals surface area (Å²) in [5.41, 5.74) is 0. The van der Waals surface area contributed by atoms with Gasteiger partial charge in [-0.1, -0.05) is 11.6 Å². The molecule has 0 aliphatic carbocycles. The van der Waals surface area contributed by atoms with Crippen LogP contribution in [0.5, 0.6) is 6.01 Å². The van der Waals surface area contributed by atoms with Crippen molar-refractivity contribution in [2.24, 2.45) is 0 Å². The molecule has 5 nitrogen and oxygen atoms in total. The van der Waals surface area contributed by atoms with Crippen LogP contribution in [-0.2, 0) is 0 Å². The Kier molecular flexibility index (Phi) is 3.91. The summed E-state index contributed by atoms with van der Waals surface area (Å²) in [7, 11) is 1.47. The predicted molar refractivity (Wildman–Crippen MR) is 53.8 cm³/mol. The molecule has 1 atom stereocenters. The molecular weight excluding hydrogens is 206 g/mol. The number of hydrogen-bond acceptors (Lipinski definition) is 5. The second-order valence-electron chi connectivity index (χ2n) is 2.78. The molecule has 0 amide bonds. The van der Waals surface area contributed by atoms with E-state index in [4.69, 9.17) is 21.4 Å². The van der Waals surface area contributed by atoms with E-state index < -0.39 is 6.10 Å². The Morgan fingerprint density at radius 3 is 3.00 bits per heavy atom. The minimum Gasteiger partial charge on any atom is -0.467 e. The van der Waals surface area contributed by atoms with Crippen molar-refractivity contribution in [1.29, 1.82) is 0 Å². The first-order valence-electron chi connectivity index (χ1n) is 4.12. The number of aromatic nitrogens is 2. The molecule has 0 aliphatic heterocycles. The Morgan fingerprint density at radius 1 is 1.71 bits per heavy atom. The third kappa shape index (κ3) is 3.01. The van der Waals surface area contributed by atoms with Crippen molar-refractivity contribution in [3.63, 3.8) is 0 Å². The van der Waals surface area contributed by atoms with E-state index in [0.29, 0.717) is 17.4 Å². The topological polar surface area (TPSA) is 67.3 Å². The van der Waals surface area contributed by atoms with E-state index >= 15 is 0 Å². The molecule has 0 fully saturated rings. The lowest BCUT2D eigenvalue weighted by Gasteiger charge is -2.09. The van der Waals surface area contributed by atoms with Gasteiger partial charge in [-0.05, 0) is 6.92 Å². The molecule has 1 aromatic heterocycles. The van der Waals surface area contributed by atoms with Gasteiger partial charge in [-0.2, -0.15) is 4.98 Å². The van der Waals surface area contributed by atoms with Crippen LogP contribution < -0.4 is 10.1 Å². The van der Waals surface area contributed by atoms with Crippen LogP contribution in [0, 0.1) is 0 Å². The molecule has 0 bridgehead atoms. The molecular formula is C8H12ClN3O2. The minimum absolute atomic E-state index is 0.238. The lowest BCUT2D eigenvalue weighted by atomic mass is 10.4. The average molecular weight is 218 g/mol. The van der Waals surface area contributed by atoms with Gasteiger partial charge in [0.2, 0.25) is 0 Å². The van der Waals surface area contributed by atoms with Crippen molar-refractivity contribution >= 4 is 17.4 Å². The van der Waals surface area contributed by atoms with E-state index in [-0.39, 0.29) is 6.01 Å². The molecule has 1 rings (SSSR count). The van der Waals surface area contributed by atoms with Gasteiger partial charge in [-0.15, -0.1) is 0 Å². The number of hydrogen-bond donors (Lipinski definition) is 2. The summed E-state index contributed by atoms with van der Waals surface area (Å²) in [6.07, 6.45) is 0.977. The molecule has 0 radical (unpaired) electrons. The Balaban J connectivity index is 2.73. The van der Waals surface area contributed by atoms with E-state index in [9.17, 15) is 0 Å². The van der Waals surface area contributed by atoms with Gasteiger partial charge in [-0.3, -0.25) is 0 Å². The third-order valence-electron chi connectivity index (χ3n) is 1.47. The molecule has 0 saturated carbocycles. The fourth-order valence-electron chi connectivity index (χ4n) is 0.818. The molecule has 1 aromatic rings. The van der Waals surface area contributed by atoms with Crippen molar-refractivity contribution < 1.29 is 9.84 Å². The van der Waals surface area contributed by atoms with Crippen molar-refractivity contribution in [3.8, 4) is 6.01 Å². The zero-order valence-corrected chi connectivity index (χ0v) is 8.75. The fourth-order valence-corrected chi connectivity index (χ4v) is 0.976. The van der Waals surface area contributed by atoms with Crippen molar-refractivity contribution in [1.82, 2.24) is 9.97 Å². The van der Waals surface area contributed by atoms with Crippen LogP contribution >= 0.6 is 11.6 Å². The van der Waals surface area contributed by atoms with Gasteiger partial charge >= 0.3 is 6.01 Å². The highest BCUT2D eigenvalue weighted by Gasteiger charge is 2.05. The van der Waals surface area contributed by atoms with Crippen LogP contribution in [0.25, 0.3) is 0 Å². The van der Waals surface area contributed by atoms with E-state index in [1.807, 2.05) is 0 Å². The van der Waals surface area contributed by atoms with Gasteiger partial charge in [0.1, 0.15) is 5.02 Å². The lowest BCUT2D eigenvalue weighted by molar-refractivity contribution is 0.208. The van der Waals surface area contributed by atoms with Gasteiger partial charge < -0.3 is 15.2 Å². The standard InChI is InChI=1S/C8H12ClN3O2/c1-5(13)3-10-7-6(9)4-11-8(12-7)14-2/h4-5,13H,3H2,1-2H3,(H,10,11,12). The summed E-state index contributed by atoms with van der Waals surface area (Å²) in [4.78, 5) is 7.79. The Morgan fingerprint density at radius 2 is 2.43 bits per heavy atom. The molecule has 6 heteroatoms. The number of nitrogens with zero attached hydrogens (tertiary/aromatic N) is 2. The fraction of sp³-hybridized carbons (Fsp3) is 0.500. The monoisotopic (exact) mass is 217 g/mol. The quantitative estimate of drug-likeness (QED) is 0.786. The normalized spacial score (nSPS) is 12.3. The minimum atomic E-state index is -0.466. The maximum absolute atomic E-state index is 9.05. The highest BCUT2D eigenvalue weighted by molar-refractivity contribution is 6.32. The van der Waals surface area contributed by atoms with Crippen LogP contribution in [-0.4, -0.2) is 34.8 Å². The molecule has 14 heavy (non-hydrogen) atoms. The Hall–Kier alpha value is -1.07. The first kappa shape index (κ1) is 11.0. The third-order valence-corrected chi connectivity index (χ3v) is 1.75. The van der Waals surface area contributed by atoms with Gasteiger partial charge in [0.25, 0.3) is 0 Å². The molecule has 2 N–H and O–H groups in total. The summed E-state index contributed by atoms with van der Waals surface area (Å²) in [5.74, 6) is 0.458. The van der Waals surface area contributed by atoms with Crippen LogP contribution in [0.15, 0.2) is 6.20 Å². The van der Waals surface area contributed by atoms with Crippen molar-refractivity contribution in [3.05, 3.63) is 11.2 Å². The van der Waals surface area contributed by atoms with Crippen LogP contribution in [0.2, 0.25) is 5.02 Å².